The Morgan fingerprint density at radius 2 is 1.44 bits per heavy atom. The molecule has 3 aromatic carbocycles. The SMILES string of the molecule is CC1(C)c2cc(-c3ccccn3)[c-]cc2-c2ccc3ccccc3c21.CCC(C)(C)C(O)CC(O)C(C)(C)CC.[Ir]. The molecule has 0 aliphatic heterocycles. The van der Waals surface area contributed by atoms with E-state index in [1.807, 2.05) is 52.1 Å². The van der Waals surface area contributed by atoms with Crippen LogP contribution in [0.3, 0.4) is 0 Å². The Hall–Kier alpha value is -2.36. The molecule has 1 aromatic heterocycles. The summed E-state index contributed by atoms with van der Waals surface area (Å²) in [4.78, 5) is 4.49. The van der Waals surface area contributed by atoms with Crippen LogP contribution in [0, 0.1) is 16.9 Å². The number of aromatic nitrogens is 1. The van der Waals surface area contributed by atoms with Crippen molar-refractivity contribution in [3.8, 4) is 22.4 Å². The van der Waals surface area contributed by atoms with Gasteiger partial charge in [-0.15, -0.1) is 29.3 Å². The largest absolute Gasteiger partial charge is 0.392 e. The van der Waals surface area contributed by atoms with E-state index in [0.717, 1.165) is 24.1 Å². The average molecular weight is 729 g/mol. The predicted octanol–water partition coefficient (Wildman–Crippen LogP) is 8.98. The first-order chi connectivity index (χ1) is 18.8. The van der Waals surface area contributed by atoms with E-state index < -0.39 is 12.2 Å². The Labute approximate surface area is 260 Å². The molecule has 2 unspecified atom stereocenters. The van der Waals surface area contributed by atoms with Gasteiger partial charge in [0.15, 0.2) is 0 Å². The summed E-state index contributed by atoms with van der Waals surface area (Å²) in [5, 5.41) is 22.7. The smallest absolute Gasteiger partial charge is 0.0615 e. The fourth-order valence-corrected chi connectivity index (χ4v) is 5.53. The van der Waals surface area contributed by atoms with Crippen LogP contribution in [0.4, 0.5) is 0 Å². The van der Waals surface area contributed by atoms with Crippen LogP contribution in [0.1, 0.15) is 85.8 Å². The van der Waals surface area contributed by atoms with Gasteiger partial charge in [0, 0.05) is 32.7 Å². The van der Waals surface area contributed by atoms with E-state index in [0.29, 0.717) is 6.42 Å². The molecule has 1 heterocycles. The topological polar surface area (TPSA) is 53.4 Å². The van der Waals surface area contributed by atoms with Crippen LogP contribution in [0.15, 0.2) is 72.9 Å². The Kier molecular flexibility index (Phi) is 10.4. The van der Waals surface area contributed by atoms with Gasteiger partial charge in [-0.05, 0) is 57.2 Å². The fraction of sp³-hybridized carbons (Fsp3) is 0.432. The maximum absolute atomic E-state index is 10.0. The number of aliphatic hydroxyl groups excluding tert-OH is 2. The molecular formula is C37H46IrNO2-. The molecule has 4 aromatic rings. The van der Waals surface area contributed by atoms with E-state index >= 15 is 0 Å². The number of fused-ring (bicyclic) bond motifs is 5. The van der Waals surface area contributed by atoms with Gasteiger partial charge in [0.05, 0.1) is 12.2 Å². The first-order valence-corrected chi connectivity index (χ1v) is 14.7. The van der Waals surface area contributed by atoms with Crippen molar-refractivity contribution in [1.29, 1.82) is 0 Å². The first kappa shape index (κ1) is 33.1. The van der Waals surface area contributed by atoms with E-state index in [4.69, 9.17) is 0 Å². The predicted molar refractivity (Wildman–Crippen MR) is 168 cm³/mol. The minimum absolute atomic E-state index is 0. The van der Waals surface area contributed by atoms with Gasteiger partial charge in [-0.1, -0.05) is 115 Å². The number of rotatable bonds is 7. The van der Waals surface area contributed by atoms with Gasteiger partial charge in [-0.25, -0.2) is 0 Å². The van der Waals surface area contributed by atoms with Gasteiger partial charge in [0.25, 0.3) is 0 Å². The standard InChI is InChI=1S/C24H18N.C13H28O2.Ir/c1-24(2)21-15-17(22-9-5-6-14-25-22)11-12-19(21)20-13-10-16-7-3-4-8-18(16)23(20)24;1-7-12(3,4)10(14)9-11(15)13(5,6)8-2;/h3-10,12-15H,1-2H3;10-11,14-15H,7-9H2,1-6H3;/q-1;;. The molecule has 0 saturated carbocycles. The number of aliphatic hydroxyl groups is 2. The second-order valence-electron chi connectivity index (χ2n) is 13.2. The number of hydrogen-bond acceptors (Lipinski definition) is 3. The van der Waals surface area contributed by atoms with Gasteiger partial charge in [-0.3, -0.25) is 0 Å². The average Bonchev–Trinajstić information content (AvgIpc) is 3.20. The zero-order valence-electron chi connectivity index (χ0n) is 25.9. The summed E-state index contributed by atoms with van der Waals surface area (Å²) in [5.74, 6) is 0. The summed E-state index contributed by atoms with van der Waals surface area (Å²) in [7, 11) is 0. The van der Waals surface area contributed by atoms with Crippen molar-refractivity contribution in [3.05, 3.63) is 90.1 Å². The molecule has 0 saturated heterocycles. The van der Waals surface area contributed by atoms with Gasteiger partial charge in [0.1, 0.15) is 0 Å². The molecule has 1 radical (unpaired) electrons. The Balaban J connectivity index is 0.000000253. The third kappa shape index (κ3) is 6.67. The summed E-state index contributed by atoms with van der Waals surface area (Å²) < 4.78 is 0. The van der Waals surface area contributed by atoms with Crippen LogP contribution in [0.2, 0.25) is 0 Å². The Morgan fingerprint density at radius 1 is 0.829 bits per heavy atom. The van der Waals surface area contributed by atoms with Crippen molar-refractivity contribution in [1.82, 2.24) is 4.98 Å². The zero-order chi connectivity index (χ0) is 29.3. The van der Waals surface area contributed by atoms with Gasteiger partial charge in [-0.2, -0.15) is 0 Å². The van der Waals surface area contributed by atoms with Crippen LogP contribution in [0.5, 0.6) is 0 Å². The molecule has 0 amide bonds. The van der Waals surface area contributed by atoms with Crippen molar-refractivity contribution >= 4 is 10.8 Å². The second-order valence-corrected chi connectivity index (χ2v) is 13.2. The molecule has 0 spiro atoms. The van der Waals surface area contributed by atoms with Crippen molar-refractivity contribution in [2.75, 3.05) is 0 Å². The normalized spacial score (nSPS) is 15.2. The summed E-state index contributed by atoms with van der Waals surface area (Å²) in [6.45, 7) is 17.0. The number of nitrogens with zero attached hydrogens (tertiary/aromatic N) is 1. The van der Waals surface area contributed by atoms with Crippen LogP contribution < -0.4 is 0 Å². The van der Waals surface area contributed by atoms with E-state index in [1.165, 1.54) is 33.0 Å². The first-order valence-electron chi connectivity index (χ1n) is 14.7. The molecular weight excluding hydrogens is 683 g/mol. The molecule has 2 atom stereocenters. The quantitative estimate of drug-likeness (QED) is 0.187. The number of benzene rings is 3. The van der Waals surface area contributed by atoms with Crippen molar-refractivity contribution in [2.45, 2.75) is 92.3 Å². The van der Waals surface area contributed by atoms with Crippen LogP contribution in [-0.4, -0.2) is 27.4 Å². The molecule has 3 nitrogen and oxygen atoms in total. The van der Waals surface area contributed by atoms with Crippen LogP contribution in [-0.2, 0) is 25.5 Å². The van der Waals surface area contributed by atoms with Gasteiger partial charge >= 0.3 is 0 Å². The fourth-order valence-electron chi connectivity index (χ4n) is 5.53. The summed E-state index contributed by atoms with van der Waals surface area (Å²) in [6, 6.07) is 27.0. The molecule has 41 heavy (non-hydrogen) atoms. The second kappa shape index (κ2) is 12.9. The molecule has 0 bridgehead atoms. The summed E-state index contributed by atoms with van der Waals surface area (Å²) in [6.07, 6.45) is 3.30. The van der Waals surface area contributed by atoms with Gasteiger partial charge < -0.3 is 15.2 Å². The minimum Gasteiger partial charge on any atom is -0.392 e. The molecule has 2 N–H and O–H groups in total. The monoisotopic (exact) mass is 729 g/mol. The van der Waals surface area contributed by atoms with E-state index in [1.54, 1.807) is 0 Å². The van der Waals surface area contributed by atoms with E-state index in [-0.39, 0.29) is 36.4 Å². The Morgan fingerprint density at radius 3 is 2.02 bits per heavy atom. The maximum Gasteiger partial charge on any atom is 0.0615 e. The van der Waals surface area contributed by atoms with Gasteiger partial charge in [0.2, 0.25) is 0 Å². The van der Waals surface area contributed by atoms with Crippen LogP contribution in [0.25, 0.3) is 33.2 Å². The maximum atomic E-state index is 10.0. The van der Waals surface area contributed by atoms with Crippen molar-refractivity contribution < 1.29 is 30.3 Å². The molecule has 221 valence electrons. The Bertz CT molecular complexity index is 1440. The number of pyridine rings is 1. The zero-order valence-corrected chi connectivity index (χ0v) is 28.3. The van der Waals surface area contributed by atoms with Crippen molar-refractivity contribution in [3.63, 3.8) is 0 Å². The third-order valence-electron chi connectivity index (χ3n) is 9.48. The number of hydrogen-bond donors (Lipinski definition) is 2. The third-order valence-corrected chi connectivity index (χ3v) is 9.48. The van der Waals surface area contributed by atoms with Crippen molar-refractivity contribution in [2.24, 2.45) is 10.8 Å². The molecule has 0 fully saturated rings. The summed E-state index contributed by atoms with van der Waals surface area (Å²) in [5.41, 5.74) is 7.20. The van der Waals surface area contributed by atoms with Crippen LogP contribution >= 0.6 is 0 Å². The molecule has 5 rings (SSSR count). The molecule has 4 heteroatoms. The molecule has 1 aliphatic rings. The minimum atomic E-state index is -0.427. The summed E-state index contributed by atoms with van der Waals surface area (Å²) >= 11 is 0. The van der Waals surface area contributed by atoms with E-state index in [9.17, 15) is 10.2 Å². The van der Waals surface area contributed by atoms with E-state index in [2.05, 4.69) is 87.3 Å². The molecule has 1 aliphatic carbocycles.